The van der Waals surface area contributed by atoms with Gasteiger partial charge in [0.2, 0.25) is 0 Å². The van der Waals surface area contributed by atoms with E-state index in [9.17, 15) is 4.39 Å². The molecule has 8 heteroatoms. The van der Waals surface area contributed by atoms with Crippen molar-refractivity contribution >= 4 is 34.0 Å². The Kier molecular flexibility index (Phi) is 9.75. The first-order valence-corrected chi connectivity index (χ1v) is 10.6. The third kappa shape index (κ3) is 7.22. The first-order chi connectivity index (χ1) is 14.9. The van der Waals surface area contributed by atoms with E-state index in [2.05, 4.69) is 48.1 Å². The minimum Gasteiger partial charge on any atom is -0.493 e. The Morgan fingerprint density at radius 1 is 1.10 bits per heavy atom. The van der Waals surface area contributed by atoms with E-state index >= 15 is 0 Å². The SMILES string of the molecule is CCCCOc1cc2ncnc(Nc3ccc(F)c(Cl)c3)c2cc1OC.CCN(C)C. The molecule has 0 spiro atoms. The van der Waals surface area contributed by atoms with Gasteiger partial charge in [0.05, 0.1) is 24.3 Å². The van der Waals surface area contributed by atoms with Gasteiger partial charge in [0.15, 0.2) is 11.5 Å². The van der Waals surface area contributed by atoms with Crippen LogP contribution in [0, 0.1) is 5.82 Å². The van der Waals surface area contributed by atoms with Gasteiger partial charge in [-0.25, -0.2) is 14.4 Å². The molecule has 0 aliphatic carbocycles. The highest BCUT2D eigenvalue weighted by molar-refractivity contribution is 6.31. The van der Waals surface area contributed by atoms with Crippen LogP contribution in [0.1, 0.15) is 26.7 Å². The Hall–Kier alpha value is -2.64. The van der Waals surface area contributed by atoms with Crippen molar-refractivity contribution in [2.45, 2.75) is 26.7 Å². The van der Waals surface area contributed by atoms with Gasteiger partial charge in [-0.1, -0.05) is 31.9 Å². The van der Waals surface area contributed by atoms with Gasteiger partial charge in [-0.3, -0.25) is 0 Å². The zero-order valence-corrected chi connectivity index (χ0v) is 19.5. The van der Waals surface area contributed by atoms with E-state index in [1.54, 1.807) is 13.2 Å². The van der Waals surface area contributed by atoms with Crippen LogP contribution in [-0.4, -0.2) is 49.2 Å². The van der Waals surface area contributed by atoms with E-state index in [0.29, 0.717) is 35.1 Å². The summed E-state index contributed by atoms with van der Waals surface area (Å²) in [5, 5.41) is 3.94. The summed E-state index contributed by atoms with van der Waals surface area (Å²) in [5.74, 6) is 1.34. The fourth-order valence-corrected chi connectivity index (χ4v) is 2.65. The van der Waals surface area contributed by atoms with E-state index in [1.165, 1.54) is 18.5 Å². The average Bonchev–Trinajstić information content (AvgIpc) is 2.76. The van der Waals surface area contributed by atoms with Crippen LogP contribution in [0.5, 0.6) is 11.5 Å². The van der Waals surface area contributed by atoms with Gasteiger partial charge in [0.25, 0.3) is 0 Å². The van der Waals surface area contributed by atoms with Crippen molar-refractivity contribution in [3.05, 3.63) is 47.5 Å². The van der Waals surface area contributed by atoms with Gasteiger partial charge in [0.1, 0.15) is 18.0 Å². The smallest absolute Gasteiger partial charge is 0.163 e. The van der Waals surface area contributed by atoms with E-state index in [4.69, 9.17) is 21.1 Å². The van der Waals surface area contributed by atoms with Crippen LogP contribution in [-0.2, 0) is 0 Å². The maximum Gasteiger partial charge on any atom is 0.163 e. The van der Waals surface area contributed by atoms with Crippen molar-refractivity contribution in [3.63, 3.8) is 0 Å². The summed E-state index contributed by atoms with van der Waals surface area (Å²) >= 11 is 5.84. The van der Waals surface area contributed by atoms with Crippen LogP contribution < -0.4 is 14.8 Å². The second-order valence-electron chi connectivity index (χ2n) is 7.09. The van der Waals surface area contributed by atoms with Gasteiger partial charge in [-0.2, -0.15) is 0 Å². The summed E-state index contributed by atoms with van der Waals surface area (Å²) in [6.07, 6.45) is 3.47. The zero-order chi connectivity index (χ0) is 22.8. The number of rotatable bonds is 8. The average molecular weight is 449 g/mol. The van der Waals surface area contributed by atoms with E-state index < -0.39 is 5.82 Å². The third-order valence-corrected chi connectivity index (χ3v) is 4.78. The number of hydrogen-bond acceptors (Lipinski definition) is 6. The number of methoxy groups -OCH3 is 1. The number of hydrogen-bond donors (Lipinski definition) is 1. The maximum atomic E-state index is 13.3. The number of nitrogens with zero attached hydrogens (tertiary/aromatic N) is 3. The first-order valence-electron chi connectivity index (χ1n) is 10.2. The first kappa shape index (κ1) is 24.6. The van der Waals surface area contributed by atoms with Crippen LogP contribution in [0.3, 0.4) is 0 Å². The number of benzene rings is 2. The van der Waals surface area contributed by atoms with Crippen LogP contribution >= 0.6 is 11.6 Å². The Labute approximate surface area is 188 Å². The van der Waals surface area contributed by atoms with Gasteiger partial charge in [-0.15, -0.1) is 0 Å². The van der Waals surface area contributed by atoms with Crippen LogP contribution in [0.4, 0.5) is 15.9 Å². The van der Waals surface area contributed by atoms with Gasteiger partial charge in [0, 0.05) is 17.1 Å². The van der Waals surface area contributed by atoms with Crippen LogP contribution in [0.15, 0.2) is 36.7 Å². The molecule has 1 heterocycles. The van der Waals surface area contributed by atoms with Crippen molar-refractivity contribution in [1.29, 1.82) is 0 Å². The van der Waals surface area contributed by atoms with Crippen LogP contribution in [0.25, 0.3) is 10.9 Å². The normalized spacial score (nSPS) is 10.6. The molecule has 2 aromatic carbocycles. The van der Waals surface area contributed by atoms with Crippen molar-refractivity contribution in [3.8, 4) is 11.5 Å². The molecule has 0 saturated carbocycles. The number of aromatic nitrogens is 2. The molecular formula is C23H30ClFN4O2. The molecule has 0 unspecified atom stereocenters. The summed E-state index contributed by atoms with van der Waals surface area (Å²) in [5.41, 5.74) is 1.33. The van der Waals surface area contributed by atoms with Gasteiger partial charge < -0.3 is 19.7 Å². The molecule has 1 N–H and O–H groups in total. The highest BCUT2D eigenvalue weighted by Crippen LogP contribution is 2.35. The zero-order valence-electron chi connectivity index (χ0n) is 18.7. The molecule has 0 atom stereocenters. The lowest BCUT2D eigenvalue weighted by molar-refractivity contribution is 0.289. The van der Waals surface area contributed by atoms with Gasteiger partial charge in [-0.05, 0) is 51.3 Å². The Bertz CT molecular complexity index is 985. The topological polar surface area (TPSA) is 59.5 Å². The van der Waals surface area contributed by atoms with Crippen LogP contribution in [0.2, 0.25) is 5.02 Å². The molecule has 6 nitrogen and oxygen atoms in total. The molecule has 31 heavy (non-hydrogen) atoms. The lowest BCUT2D eigenvalue weighted by Gasteiger charge is -2.13. The number of anilines is 2. The van der Waals surface area contributed by atoms with E-state index in [-0.39, 0.29) is 5.02 Å². The molecule has 0 aliphatic heterocycles. The van der Waals surface area contributed by atoms with Crippen molar-refractivity contribution < 1.29 is 13.9 Å². The quantitative estimate of drug-likeness (QED) is 0.431. The monoisotopic (exact) mass is 448 g/mol. The molecular weight excluding hydrogens is 419 g/mol. The molecule has 0 aliphatic rings. The second kappa shape index (κ2) is 12.3. The molecule has 0 bridgehead atoms. The molecule has 0 saturated heterocycles. The fraction of sp³-hybridized carbons (Fsp3) is 0.391. The minimum absolute atomic E-state index is 0.0394. The summed E-state index contributed by atoms with van der Waals surface area (Å²) < 4.78 is 24.6. The molecule has 0 amide bonds. The highest BCUT2D eigenvalue weighted by atomic mass is 35.5. The van der Waals surface area contributed by atoms with Crippen molar-refractivity contribution in [2.75, 3.05) is 39.7 Å². The molecule has 0 radical (unpaired) electrons. The Balaban J connectivity index is 0.000000614. The molecule has 3 rings (SSSR count). The summed E-state index contributed by atoms with van der Waals surface area (Å²) in [7, 11) is 5.70. The fourth-order valence-electron chi connectivity index (χ4n) is 2.47. The lowest BCUT2D eigenvalue weighted by Crippen LogP contribution is -2.08. The Morgan fingerprint density at radius 2 is 1.84 bits per heavy atom. The largest absolute Gasteiger partial charge is 0.493 e. The predicted molar refractivity (Wildman–Crippen MR) is 125 cm³/mol. The molecule has 3 aromatic rings. The summed E-state index contributed by atoms with van der Waals surface area (Å²) in [6, 6.07) is 8.05. The summed E-state index contributed by atoms with van der Waals surface area (Å²) in [6.45, 7) is 5.98. The van der Waals surface area contributed by atoms with E-state index in [0.717, 1.165) is 24.8 Å². The highest BCUT2D eigenvalue weighted by Gasteiger charge is 2.12. The Morgan fingerprint density at radius 3 is 2.45 bits per heavy atom. The molecule has 1 aromatic heterocycles. The summed E-state index contributed by atoms with van der Waals surface area (Å²) in [4.78, 5) is 10.7. The number of fused-ring (bicyclic) bond motifs is 1. The molecule has 0 fully saturated rings. The molecule has 168 valence electrons. The van der Waals surface area contributed by atoms with Gasteiger partial charge >= 0.3 is 0 Å². The standard InChI is InChI=1S/C19H19ClFN3O2.C4H11N/c1-3-4-7-26-18-10-16-13(9-17(18)25-2)19(23-11-22-16)24-12-5-6-15(21)14(20)8-12;1-4-5(2)3/h5-6,8-11H,3-4,7H2,1-2H3,(H,22,23,24);4H2,1-3H3. The minimum atomic E-state index is -0.472. The second-order valence-corrected chi connectivity index (χ2v) is 7.50. The van der Waals surface area contributed by atoms with Crippen molar-refractivity contribution in [2.24, 2.45) is 0 Å². The lowest BCUT2D eigenvalue weighted by atomic mass is 10.2. The maximum absolute atomic E-state index is 13.3. The third-order valence-electron chi connectivity index (χ3n) is 4.49. The number of ether oxygens (including phenoxy) is 2. The van der Waals surface area contributed by atoms with Crippen molar-refractivity contribution in [1.82, 2.24) is 14.9 Å². The predicted octanol–water partition coefficient (Wildman–Crippen LogP) is 5.92. The van der Waals surface area contributed by atoms with E-state index in [1.807, 2.05) is 12.1 Å². The number of unbranched alkanes of at least 4 members (excludes halogenated alkanes) is 1. The number of halogens is 2. The number of nitrogens with one attached hydrogen (secondary N) is 1.